The van der Waals surface area contributed by atoms with Gasteiger partial charge in [-0.2, -0.15) is 0 Å². The minimum atomic E-state index is -0.367. The Morgan fingerprint density at radius 3 is 2.25 bits per heavy atom. The SMILES string of the molecule is CCCOc1ccc(C2=C(Nc3ccccc3)C(=O)N(c3cccc(C)c3C)C2=O)cc1. The molecule has 0 radical (unpaired) electrons. The van der Waals surface area contributed by atoms with Crippen LogP contribution in [0, 0.1) is 13.8 Å². The van der Waals surface area contributed by atoms with Crippen molar-refractivity contribution in [3.8, 4) is 5.75 Å². The van der Waals surface area contributed by atoms with E-state index in [2.05, 4.69) is 5.32 Å². The topological polar surface area (TPSA) is 58.6 Å². The molecule has 0 unspecified atom stereocenters. The number of hydrogen-bond acceptors (Lipinski definition) is 4. The molecule has 1 heterocycles. The van der Waals surface area contributed by atoms with Crippen LogP contribution in [-0.4, -0.2) is 18.4 Å². The molecule has 0 saturated heterocycles. The molecule has 5 heteroatoms. The number of carbonyl (C=O) groups excluding carboxylic acids is 2. The van der Waals surface area contributed by atoms with Gasteiger partial charge in [0.1, 0.15) is 11.4 Å². The Kier molecular flexibility index (Phi) is 6.08. The van der Waals surface area contributed by atoms with Crippen molar-refractivity contribution in [3.63, 3.8) is 0 Å². The summed E-state index contributed by atoms with van der Waals surface area (Å²) in [6.45, 7) is 6.57. The summed E-state index contributed by atoms with van der Waals surface area (Å²) in [5.74, 6) is 0.0233. The molecule has 32 heavy (non-hydrogen) atoms. The molecule has 2 amide bonds. The molecule has 0 aliphatic carbocycles. The minimum absolute atomic E-state index is 0.268. The number of anilines is 2. The predicted molar refractivity (Wildman–Crippen MR) is 128 cm³/mol. The van der Waals surface area contributed by atoms with Gasteiger partial charge < -0.3 is 10.1 Å². The Hall–Kier alpha value is -3.86. The van der Waals surface area contributed by atoms with Crippen LogP contribution in [0.5, 0.6) is 5.75 Å². The lowest BCUT2D eigenvalue weighted by molar-refractivity contribution is -0.120. The molecule has 4 rings (SSSR count). The molecule has 1 aliphatic heterocycles. The van der Waals surface area contributed by atoms with Gasteiger partial charge in [-0.3, -0.25) is 9.59 Å². The third kappa shape index (κ3) is 4.02. The van der Waals surface area contributed by atoms with Gasteiger partial charge in [-0.1, -0.05) is 49.4 Å². The van der Waals surface area contributed by atoms with Crippen molar-refractivity contribution in [2.75, 3.05) is 16.8 Å². The summed E-state index contributed by atoms with van der Waals surface area (Å²) in [5, 5.41) is 3.19. The van der Waals surface area contributed by atoms with Crippen LogP contribution in [0.1, 0.15) is 30.0 Å². The van der Waals surface area contributed by atoms with Gasteiger partial charge in [0.25, 0.3) is 11.8 Å². The molecule has 0 aromatic heterocycles. The molecule has 0 fully saturated rings. The van der Waals surface area contributed by atoms with E-state index < -0.39 is 0 Å². The fourth-order valence-corrected chi connectivity index (χ4v) is 3.71. The molecular weight excluding hydrogens is 400 g/mol. The fraction of sp³-hybridized carbons (Fsp3) is 0.185. The largest absolute Gasteiger partial charge is 0.494 e. The van der Waals surface area contributed by atoms with Crippen LogP contribution >= 0.6 is 0 Å². The summed E-state index contributed by atoms with van der Waals surface area (Å²) in [6, 6.07) is 22.3. The third-order valence-electron chi connectivity index (χ3n) is 5.56. The molecule has 1 aliphatic rings. The van der Waals surface area contributed by atoms with Gasteiger partial charge in [-0.15, -0.1) is 0 Å². The average Bonchev–Trinajstić information content (AvgIpc) is 3.05. The normalized spacial score (nSPS) is 13.7. The molecule has 3 aromatic carbocycles. The number of rotatable bonds is 7. The highest BCUT2D eigenvalue weighted by molar-refractivity contribution is 6.46. The number of ether oxygens (including phenoxy) is 1. The second-order valence-corrected chi connectivity index (χ2v) is 7.78. The van der Waals surface area contributed by atoms with Gasteiger partial charge in [-0.05, 0) is 67.3 Å². The summed E-state index contributed by atoms with van der Waals surface area (Å²) < 4.78 is 5.67. The zero-order valence-electron chi connectivity index (χ0n) is 18.5. The number of carbonyl (C=O) groups is 2. The fourth-order valence-electron chi connectivity index (χ4n) is 3.71. The second-order valence-electron chi connectivity index (χ2n) is 7.78. The first-order valence-corrected chi connectivity index (χ1v) is 10.8. The number of nitrogens with zero attached hydrogens (tertiary/aromatic N) is 1. The highest BCUT2D eigenvalue weighted by Crippen LogP contribution is 2.36. The maximum Gasteiger partial charge on any atom is 0.282 e. The Morgan fingerprint density at radius 2 is 1.56 bits per heavy atom. The van der Waals surface area contributed by atoms with E-state index in [1.165, 1.54) is 4.90 Å². The van der Waals surface area contributed by atoms with Crippen molar-refractivity contribution in [2.24, 2.45) is 0 Å². The maximum absolute atomic E-state index is 13.6. The monoisotopic (exact) mass is 426 g/mol. The Bertz CT molecular complexity index is 1180. The maximum atomic E-state index is 13.6. The van der Waals surface area contributed by atoms with Crippen molar-refractivity contribution >= 4 is 28.8 Å². The van der Waals surface area contributed by atoms with Crippen molar-refractivity contribution in [2.45, 2.75) is 27.2 Å². The zero-order chi connectivity index (χ0) is 22.7. The summed E-state index contributed by atoms with van der Waals surface area (Å²) in [7, 11) is 0. The number of hydrogen-bond donors (Lipinski definition) is 1. The lowest BCUT2D eigenvalue weighted by Crippen LogP contribution is -2.33. The van der Waals surface area contributed by atoms with Gasteiger partial charge >= 0.3 is 0 Å². The summed E-state index contributed by atoms with van der Waals surface area (Å²) in [5.41, 5.74) is 4.55. The van der Waals surface area contributed by atoms with Crippen molar-refractivity contribution in [3.05, 3.63) is 95.2 Å². The second kappa shape index (κ2) is 9.10. The predicted octanol–water partition coefficient (Wildman–Crippen LogP) is 5.49. The van der Waals surface area contributed by atoms with E-state index in [9.17, 15) is 9.59 Å². The highest BCUT2D eigenvalue weighted by Gasteiger charge is 2.40. The molecule has 0 spiro atoms. The Labute approximate surface area is 188 Å². The van der Waals surface area contributed by atoms with Crippen LogP contribution in [0.4, 0.5) is 11.4 Å². The van der Waals surface area contributed by atoms with Gasteiger partial charge in [0, 0.05) is 5.69 Å². The van der Waals surface area contributed by atoms with Crippen LogP contribution in [0.15, 0.2) is 78.5 Å². The number of nitrogens with one attached hydrogen (secondary N) is 1. The molecule has 162 valence electrons. The first-order chi connectivity index (χ1) is 15.5. The average molecular weight is 427 g/mol. The van der Waals surface area contributed by atoms with Gasteiger partial charge in [0.15, 0.2) is 0 Å². The van der Waals surface area contributed by atoms with E-state index in [1.54, 1.807) is 0 Å². The molecule has 0 saturated carbocycles. The van der Waals surface area contributed by atoms with Gasteiger partial charge in [0.05, 0.1) is 17.9 Å². The summed E-state index contributed by atoms with van der Waals surface area (Å²) in [6.07, 6.45) is 0.913. The quantitative estimate of drug-likeness (QED) is 0.508. The van der Waals surface area contributed by atoms with E-state index in [0.717, 1.165) is 29.0 Å². The van der Waals surface area contributed by atoms with Crippen LogP contribution < -0.4 is 15.0 Å². The number of amides is 2. The lowest BCUT2D eigenvalue weighted by atomic mass is 10.0. The van der Waals surface area contributed by atoms with E-state index in [4.69, 9.17) is 4.74 Å². The molecule has 5 nitrogen and oxygen atoms in total. The van der Waals surface area contributed by atoms with Gasteiger partial charge in [-0.25, -0.2) is 4.90 Å². The number of imide groups is 1. The summed E-state index contributed by atoms with van der Waals surface area (Å²) >= 11 is 0. The van der Waals surface area contributed by atoms with Crippen LogP contribution in [0.3, 0.4) is 0 Å². The van der Waals surface area contributed by atoms with E-state index in [0.29, 0.717) is 23.4 Å². The van der Waals surface area contributed by atoms with E-state index >= 15 is 0 Å². The molecule has 1 N–H and O–H groups in total. The van der Waals surface area contributed by atoms with Gasteiger partial charge in [0.2, 0.25) is 0 Å². The first kappa shape index (κ1) is 21.4. The number of benzene rings is 3. The first-order valence-electron chi connectivity index (χ1n) is 10.8. The minimum Gasteiger partial charge on any atom is -0.494 e. The highest BCUT2D eigenvalue weighted by atomic mass is 16.5. The molecule has 0 atom stereocenters. The number of aryl methyl sites for hydroxylation is 1. The Morgan fingerprint density at radius 1 is 0.844 bits per heavy atom. The van der Waals surface area contributed by atoms with Crippen LogP contribution in [0.2, 0.25) is 0 Å². The van der Waals surface area contributed by atoms with Crippen LogP contribution in [-0.2, 0) is 9.59 Å². The zero-order valence-corrected chi connectivity index (χ0v) is 18.5. The molecular formula is C27H26N2O3. The van der Waals surface area contributed by atoms with Crippen molar-refractivity contribution in [1.29, 1.82) is 0 Å². The standard InChI is InChI=1S/C27H26N2O3/c1-4-17-32-22-15-13-20(14-16-22)24-25(28-21-10-6-5-7-11-21)27(31)29(26(24)30)23-12-8-9-18(2)19(23)3/h5-16,28H,4,17H2,1-3H3. The van der Waals surface area contributed by atoms with Crippen LogP contribution in [0.25, 0.3) is 5.57 Å². The third-order valence-corrected chi connectivity index (χ3v) is 5.56. The molecule has 3 aromatic rings. The molecule has 0 bridgehead atoms. The van der Waals surface area contributed by atoms with Crippen molar-refractivity contribution < 1.29 is 14.3 Å². The van der Waals surface area contributed by atoms with Crippen molar-refractivity contribution in [1.82, 2.24) is 0 Å². The van der Waals surface area contributed by atoms with E-state index in [-0.39, 0.29) is 17.5 Å². The lowest BCUT2D eigenvalue weighted by Gasteiger charge is -2.19. The smallest absolute Gasteiger partial charge is 0.282 e. The van der Waals surface area contributed by atoms with E-state index in [1.807, 2.05) is 93.6 Å². The number of para-hydroxylation sites is 1. The summed E-state index contributed by atoms with van der Waals surface area (Å²) in [4.78, 5) is 28.4. The Balaban J connectivity index is 1.78.